The van der Waals surface area contributed by atoms with Crippen molar-refractivity contribution in [3.05, 3.63) is 34.9 Å². The van der Waals surface area contributed by atoms with Gasteiger partial charge in [-0.3, -0.25) is 5.43 Å². The van der Waals surface area contributed by atoms with Crippen molar-refractivity contribution in [3.63, 3.8) is 0 Å². The summed E-state index contributed by atoms with van der Waals surface area (Å²) in [5.74, 6) is 5.05. The van der Waals surface area contributed by atoms with Crippen LogP contribution in [0.25, 0.3) is 0 Å². The fourth-order valence-electron chi connectivity index (χ4n) is 1.63. The van der Waals surface area contributed by atoms with E-state index in [-0.39, 0.29) is 6.03 Å². The number of aryl methyl sites for hydroxylation is 2. The number of hydrogen-bond donors (Lipinski definition) is 2. The highest BCUT2D eigenvalue weighted by atomic mass is 16.2. The van der Waals surface area contributed by atoms with Crippen molar-refractivity contribution < 1.29 is 4.79 Å². The van der Waals surface area contributed by atoms with Crippen LogP contribution in [0.1, 0.15) is 16.7 Å². The number of likely N-dealkylation sites (N-methyl/N-ethyl adjacent to an activating group) is 1. The SMILES string of the molecule is Cc1ccc(CCN(C)C(=O)NN)c(C)c1. The predicted octanol–water partition coefficient (Wildman–Crippen LogP) is 1.36. The third-order valence-electron chi connectivity index (χ3n) is 2.68. The molecule has 0 fully saturated rings. The van der Waals surface area contributed by atoms with E-state index < -0.39 is 0 Å². The van der Waals surface area contributed by atoms with Crippen LogP contribution in [-0.4, -0.2) is 24.5 Å². The fraction of sp³-hybridized carbons (Fsp3) is 0.417. The van der Waals surface area contributed by atoms with E-state index in [9.17, 15) is 4.79 Å². The molecule has 0 saturated heterocycles. The van der Waals surface area contributed by atoms with E-state index in [0.717, 1.165) is 6.42 Å². The van der Waals surface area contributed by atoms with Crippen LogP contribution in [0.2, 0.25) is 0 Å². The second-order valence-corrected chi connectivity index (χ2v) is 4.05. The van der Waals surface area contributed by atoms with Crippen LogP contribution in [0, 0.1) is 13.8 Å². The predicted molar refractivity (Wildman–Crippen MR) is 65.0 cm³/mol. The van der Waals surface area contributed by atoms with Gasteiger partial charge in [0.05, 0.1) is 0 Å². The summed E-state index contributed by atoms with van der Waals surface area (Å²) >= 11 is 0. The Labute approximate surface area is 96.4 Å². The summed E-state index contributed by atoms with van der Waals surface area (Å²) in [7, 11) is 1.73. The van der Waals surface area contributed by atoms with E-state index in [1.165, 1.54) is 16.7 Å². The van der Waals surface area contributed by atoms with Gasteiger partial charge < -0.3 is 4.90 Å². The van der Waals surface area contributed by atoms with Gasteiger partial charge in [-0.2, -0.15) is 0 Å². The fourth-order valence-corrected chi connectivity index (χ4v) is 1.63. The van der Waals surface area contributed by atoms with Gasteiger partial charge in [-0.15, -0.1) is 0 Å². The quantitative estimate of drug-likeness (QED) is 0.460. The van der Waals surface area contributed by atoms with Crippen molar-refractivity contribution >= 4 is 6.03 Å². The molecule has 0 saturated carbocycles. The third kappa shape index (κ3) is 3.24. The Morgan fingerprint density at radius 1 is 1.44 bits per heavy atom. The van der Waals surface area contributed by atoms with Crippen LogP contribution in [0.5, 0.6) is 0 Å². The molecule has 0 spiro atoms. The Balaban J connectivity index is 2.58. The summed E-state index contributed by atoms with van der Waals surface area (Å²) in [6.45, 7) is 4.82. The summed E-state index contributed by atoms with van der Waals surface area (Å²) < 4.78 is 0. The van der Waals surface area contributed by atoms with Crippen LogP contribution in [0.15, 0.2) is 18.2 Å². The van der Waals surface area contributed by atoms with Crippen LogP contribution in [0.4, 0.5) is 4.79 Å². The van der Waals surface area contributed by atoms with Crippen molar-refractivity contribution in [3.8, 4) is 0 Å². The van der Waals surface area contributed by atoms with E-state index in [1.54, 1.807) is 11.9 Å². The first-order valence-corrected chi connectivity index (χ1v) is 5.32. The normalized spacial score (nSPS) is 10.0. The van der Waals surface area contributed by atoms with Crippen molar-refractivity contribution in [1.29, 1.82) is 0 Å². The summed E-state index contributed by atoms with van der Waals surface area (Å²) in [4.78, 5) is 12.7. The molecule has 0 aliphatic rings. The molecular formula is C12H19N3O. The van der Waals surface area contributed by atoms with E-state index in [1.807, 2.05) is 0 Å². The Morgan fingerprint density at radius 2 is 2.12 bits per heavy atom. The topological polar surface area (TPSA) is 58.4 Å². The molecule has 16 heavy (non-hydrogen) atoms. The monoisotopic (exact) mass is 221 g/mol. The van der Waals surface area contributed by atoms with Crippen LogP contribution < -0.4 is 11.3 Å². The smallest absolute Gasteiger partial charge is 0.326 e. The number of urea groups is 1. The number of nitrogens with one attached hydrogen (secondary N) is 1. The molecule has 4 heteroatoms. The Morgan fingerprint density at radius 3 is 2.69 bits per heavy atom. The van der Waals surface area contributed by atoms with Crippen molar-refractivity contribution in [1.82, 2.24) is 10.3 Å². The minimum absolute atomic E-state index is 0.259. The average Bonchev–Trinajstić information content (AvgIpc) is 2.26. The van der Waals surface area contributed by atoms with Crippen LogP contribution in [0.3, 0.4) is 0 Å². The minimum atomic E-state index is -0.259. The largest absolute Gasteiger partial charge is 0.331 e. The molecule has 88 valence electrons. The molecule has 0 heterocycles. The molecule has 1 rings (SSSR count). The Hall–Kier alpha value is -1.55. The number of benzene rings is 1. The maximum absolute atomic E-state index is 11.2. The lowest BCUT2D eigenvalue weighted by Crippen LogP contribution is -2.42. The van der Waals surface area contributed by atoms with Crippen LogP contribution >= 0.6 is 0 Å². The third-order valence-corrected chi connectivity index (χ3v) is 2.68. The van der Waals surface area contributed by atoms with Gasteiger partial charge in [0.1, 0.15) is 0 Å². The van der Waals surface area contributed by atoms with Crippen molar-refractivity contribution in [2.24, 2.45) is 5.84 Å². The zero-order valence-electron chi connectivity index (χ0n) is 10.1. The summed E-state index contributed by atoms with van der Waals surface area (Å²) in [5, 5.41) is 0. The van der Waals surface area contributed by atoms with Crippen LogP contribution in [-0.2, 0) is 6.42 Å². The number of amides is 2. The highest BCUT2D eigenvalue weighted by molar-refractivity contribution is 5.73. The number of hydrogen-bond acceptors (Lipinski definition) is 2. The molecule has 0 atom stereocenters. The molecule has 0 radical (unpaired) electrons. The first-order valence-electron chi connectivity index (χ1n) is 5.32. The maximum atomic E-state index is 11.2. The highest BCUT2D eigenvalue weighted by Gasteiger charge is 2.06. The molecule has 3 N–H and O–H groups in total. The first kappa shape index (κ1) is 12.5. The first-order chi connectivity index (χ1) is 7.54. The summed E-state index contributed by atoms with van der Waals surface area (Å²) in [5.41, 5.74) is 5.90. The van der Waals surface area contributed by atoms with Gasteiger partial charge in [-0.25, -0.2) is 10.6 Å². The molecule has 0 aliphatic heterocycles. The highest BCUT2D eigenvalue weighted by Crippen LogP contribution is 2.11. The summed E-state index contributed by atoms with van der Waals surface area (Å²) in [6, 6.07) is 6.09. The lowest BCUT2D eigenvalue weighted by Gasteiger charge is -2.16. The van der Waals surface area contributed by atoms with Crippen molar-refractivity contribution in [2.75, 3.05) is 13.6 Å². The van der Waals surface area contributed by atoms with Crippen molar-refractivity contribution in [2.45, 2.75) is 20.3 Å². The Bertz CT molecular complexity index is 377. The molecule has 0 unspecified atom stereocenters. The molecule has 4 nitrogen and oxygen atoms in total. The van der Waals surface area contributed by atoms with Gasteiger partial charge in [0.25, 0.3) is 0 Å². The minimum Gasteiger partial charge on any atom is -0.326 e. The number of nitrogens with two attached hydrogens (primary N) is 1. The Kier molecular flexibility index (Phi) is 4.31. The van der Waals surface area contributed by atoms with Gasteiger partial charge in [-0.05, 0) is 31.4 Å². The van der Waals surface area contributed by atoms with Gasteiger partial charge in [0, 0.05) is 13.6 Å². The van der Waals surface area contributed by atoms with E-state index >= 15 is 0 Å². The average molecular weight is 221 g/mol. The standard InChI is InChI=1S/C12H19N3O/c1-9-4-5-11(10(2)8-9)6-7-15(3)12(16)14-13/h4-5,8H,6-7,13H2,1-3H3,(H,14,16). The number of carbonyl (C=O) groups is 1. The molecule has 1 aromatic rings. The maximum Gasteiger partial charge on any atom is 0.331 e. The van der Waals surface area contributed by atoms with E-state index in [2.05, 4.69) is 37.5 Å². The molecule has 2 amide bonds. The van der Waals surface area contributed by atoms with Gasteiger partial charge in [0.15, 0.2) is 0 Å². The number of hydrazine groups is 1. The number of nitrogens with zero attached hydrogens (tertiary/aromatic N) is 1. The number of rotatable bonds is 3. The second-order valence-electron chi connectivity index (χ2n) is 4.05. The van der Waals surface area contributed by atoms with E-state index in [0.29, 0.717) is 6.54 Å². The van der Waals surface area contributed by atoms with Gasteiger partial charge >= 0.3 is 6.03 Å². The van der Waals surface area contributed by atoms with E-state index in [4.69, 9.17) is 5.84 Å². The summed E-state index contributed by atoms with van der Waals surface area (Å²) in [6.07, 6.45) is 0.843. The molecule has 0 aliphatic carbocycles. The van der Waals surface area contributed by atoms with Gasteiger partial charge in [-0.1, -0.05) is 23.8 Å². The molecule has 0 aromatic heterocycles. The lowest BCUT2D eigenvalue weighted by atomic mass is 10.0. The second kappa shape index (κ2) is 5.51. The lowest BCUT2D eigenvalue weighted by molar-refractivity contribution is 0.209. The molecule has 1 aromatic carbocycles. The zero-order chi connectivity index (χ0) is 12.1. The molecule has 0 bridgehead atoms. The zero-order valence-corrected chi connectivity index (χ0v) is 10.1. The molecular weight excluding hydrogens is 202 g/mol. The number of carbonyl (C=O) groups excluding carboxylic acids is 1. The van der Waals surface area contributed by atoms with Gasteiger partial charge in [0.2, 0.25) is 0 Å².